The van der Waals surface area contributed by atoms with E-state index in [9.17, 15) is 9.59 Å². The summed E-state index contributed by atoms with van der Waals surface area (Å²) >= 11 is 6.09. The van der Waals surface area contributed by atoms with Crippen molar-refractivity contribution in [1.29, 1.82) is 0 Å². The molecule has 31 heavy (non-hydrogen) atoms. The van der Waals surface area contributed by atoms with Crippen LogP contribution in [0, 0.1) is 0 Å². The molecule has 0 radical (unpaired) electrons. The number of aromatic nitrogens is 4. The number of hydrogen-bond acceptors (Lipinski definition) is 6. The number of aryl methyl sites for hydroxylation is 1. The van der Waals surface area contributed by atoms with Crippen molar-refractivity contribution in [3.8, 4) is 5.69 Å². The largest absolute Gasteiger partial charge is 0.350 e. The van der Waals surface area contributed by atoms with Crippen LogP contribution >= 0.6 is 11.6 Å². The van der Waals surface area contributed by atoms with Gasteiger partial charge in [0.1, 0.15) is 12.4 Å². The number of carbonyl (C=O) groups excluding carboxylic acids is 2. The van der Waals surface area contributed by atoms with Gasteiger partial charge in [-0.05, 0) is 59.5 Å². The Labute approximate surface area is 185 Å². The van der Waals surface area contributed by atoms with Crippen LogP contribution in [0.3, 0.4) is 0 Å². The van der Waals surface area contributed by atoms with Crippen molar-refractivity contribution in [2.24, 2.45) is 5.73 Å². The van der Waals surface area contributed by atoms with Crippen LogP contribution in [0.15, 0.2) is 54.9 Å². The van der Waals surface area contributed by atoms with Gasteiger partial charge in [-0.1, -0.05) is 41.9 Å². The van der Waals surface area contributed by atoms with E-state index in [2.05, 4.69) is 26.2 Å². The van der Waals surface area contributed by atoms with E-state index in [0.717, 1.165) is 11.1 Å². The third-order valence-electron chi connectivity index (χ3n) is 4.77. The summed E-state index contributed by atoms with van der Waals surface area (Å²) in [6.45, 7) is 1.80. The average molecular weight is 442 g/mol. The Balaban J connectivity index is 1.51. The minimum atomic E-state index is -0.744. The smallest absolute Gasteiger partial charge is 0.242 e. The molecule has 0 saturated carbocycles. The lowest BCUT2D eigenvalue weighted by molar-refractivity contribution is -0.129. The summed E-state index contributed by atoms with van der Waals surface area (Å²) < 4.78 is 1.48. The predicted octanol–water partition coefficient (Wildman–Crippen LogP) is 1.40. The Bertz CT molecular complexity index is 1010. The molecule has 0 aliphatic rings. The van der Waals surface area contributed by atoms with E-state index in [4.69, 9.17) is 17.3 Å². The molecule has 2 aromatic carbocycles. The molecular formula is C21H24ClN7O2. The average Bonchev–Trinajstić information content (AvgIpc) is 3.31. The number of halogens is 1. The number of carbonyl (C=O) groups is 2. The van der Waals surface area contributed by atoms with E-state index in [0.29, 0.717) is 23.6 Å². The Hall–Kier alpha value is -3.30. The van der Waals surface area contributed by atoms with Gasteiger partial charge >= 0.3 is 0 Å². The summed E-state index contributed by atoms with van der Waals surface area (Å²) in [5, 5.41) is 17.1. The lowest BCUT2D eigenvalue weighted by Gasteiger charge is -2.18. The number of rotatable bonds is 9. The second kappa shape index (κ2) is 10.6. The van der Waals surface area contributed by atoms with E-state index in [1.165, 1.54) is 11.0 Å². The molecule has 9 nitrogen and oxygen atoms in total. The molecule has 0 bridgehead atoms. The van der Waals surface area contributed by atoms with Crippen LogP contribution < -0.4 is 16.4 Å². The van der Waals surface area contributed by atoms with Crippen molar-refractivity contribution >= 4 is 23.4 Å². The molecule has 4 N–H and O–H groups in total. The highest BCUT2D eigenvalue weighted by Crippen LogP contribution is 2.18. The molecule has 10 heteroatoms. The minimum Gasteiger partial charge on any atom is -0.350 e. The van der Waals surface area contributed by atoms with Gasteiger partial charge in [-0.15, -0.1) is 5.10 Å². The molecule has 2 atom stereocenters. The van der Waals surface area contributed by atoms with Crippen molar-refractivity contribution in [1.82, 2.24) is 30.8 Å². The maximum absolute atomic E-state index is 12.5. The van der Waals surface area contributed by atoms with Gasteiger partial charge in [0.15, 0.2) is 0 Å². The quantitative estimate of drug-likeness (QED) is 0.460. The van der Waals surface area contributed by atoms with Crippen LogP contribution in [0.25, 0.3) is 5.69 Å². The first kappa shape index (κ1) is 22.4. The van der Waals surface area contributed by atoms with E-state index in [-0.39, 0.29) is 18.4 Å². The summed E-state index contributed by atoms with van der Waals surface area (Å²) in [6, 6.07) is 13.5. The zero-order valence-electron chi connectivity index (χ0n) is 17.0. The molecule has 0 fully saturated rings. The molecule has 0 saturated heterocycles. The molecule has 0 aliphatic heterocycles. The SMILES string of the molecule is CC(NC(=O)C(N)CCc1ccccc1)C(=O)NCc1cc(Cl)ccc1-n1cnnn1. The monoisotopic (exact) mass is 441 g/mol. The molecule has 0 aliphatic carbocycles. The number of hydrogen-bond donors (Lipinski definition) is 3. The fraction of sp³-hybridized carbons (Fsp3) is 0.286. The maximum Gasteiger partial charge on any atom is 0.242 e. The van der Waals surface area contributed by atoms with Crippen LogP contribution in [-0.2, 0) is 22.6 Å². The molecule has 1 aromatic heterocycles. The van der Waals surface area contributed by atoms with Crippen molar-refractivity contribution < 1.29 is 9.59 Å². The predicted molar refractivity (Wildman–Crippen MR) is 116 cm³/mol. The van der Waals surface area contributed by atoms with Gasteiger partial charge in [-0.2, -0.15) is 0 Å². The van der Waals surface area contributed by atoms with E-state index >= 15 is 0 Å². The summed E-state index contributed by atoms with van der Waals surface area (Å²) in [7, 11) is 0. The highest BCUT2D eigenvalue weighted by Gasteiger charge is 2.20. The summed E-state index contributed by atoms with van der Waals surface area (Å²) in [4.78, 5) is 24.8. The van der Waals surface area contributed by atoms with Gasteiger partial charge < -0.3 is 16.4 Å². The Kier molecular flexibility index (Phi) is 7.69. The van der Waals surface area contributed by atoms with Crippen LogP contribution in [0.4, 0.5) is 0 Å². The van der Waals surface area contributed by atoms with Crippen molar-refractivity contribution in [3.05, 3.63) is 71.0 Å². The first-order valence-electron chi connectivity index (χ1n) is 9.83. The van der Waals surface area contributed by atoms with Crippen molar-refractivity contribution in [3.63, 3.8) is 0 Å². The van der Waals surface area contributed by atoms with Crippen LogP contribution in [0.5, 0.6) is 0 Å². The normalized spacial score (nSPS) is 12.7. The van der Waals surface area contributed by atoms with Crippen molar-refractivity contribution in [2.45, 2.75) is 38.4 Å². The Morgan fingerprint density at radius 3 is 2.65 bits per heavy atom. The van der Waals surface area contributed by atoms with Gasteiger partial charge in [0, 0.05) is 11.6 Å². The third kappa shape index (κ3) is 6.34. The van der Waals surface area contributed by atoms with Crippen LogP contribution in [0.2, 0.25) is 5.02 Å². The maximum atomic E-state index is 12.5. The van der Waals surface area contributed by atoms with E-state index in [1.54, 1.807) is 25.1 Å². The number of benzene rings is 2. The number of tetrazole rings is 1. The van der Waals surface area contributed by atoms with E-state index in [1.807, 2.05) is 30.3 Å². The lowest BCUT2D eigenvalue weighted by atomic mass is 10.1. The zero-order chi connectivity index (χ0) is 22.2. The zero-order valence-corrected chi connectivity index (χ0v) is 17.8. The topological polar surface area (TPSA) is 128 Å². The van der Waals surface area contributed by atoms with Crippen LogP contribution in [-0.4, -0.2) is 44.1 Å². The Morgan fingerprint density at radius 2 is 1.94 bits per heavy atom. The highest BCUT2D eigenvalue weighted by molar-refractivity contribution is 6.30. The second-order valence-electron chi connectivity index (χ2n) is 7.11. The standard InChI is InChI=1S/C21H24ClN7O2/c1-14(26-21(31)18(23)9-7-15-5-3-2-4-6-15)20(30)24-12-16-11-17(22)8-10-19(16)29-13-25-27-28-29/h2-6,8,10-11,13-14,18H,7,9,12,23H2,1H3,(H,24,30)(H,26,31). The van der Waals surface area contributed by atoms with Gasteiger partial charge in [0.25, 0.3) is 0 Å². The first-order chi connectivity index (χ1) is 14.9. The molecule has 2 amide bonds. The summed E-state index contributed by atoms with van der Waals surface area (Å²) in [6.07, 6.45) is 2.63. The van der Waals surface area contributed by atoms with Gasteiger partial charge in [-0.25, -0.2) is 4.68 Å². The molecule has 3 rings (SSSR count). The third-order valence-corrected chi connectivity index (χ3v) is 5.00. The summed E-state index contributed by atoms with van der Waals surface area (Å²) in [5.74, 6) is -0.707. The molecular weight excluding hydrogens is 418 g/mol. The Morgan fingerprint density at radius 1 is 1.16 bits per heavy atom. The number of amides is 2. The van der Waals surface area contributed by atoms with Gasteiger partial charge in [-0.3, -0.25) is 9.59 Å². The molecule has 0 spiro atoms. The number of nitrogens with two attached hydrogens (primary N) is 1. The molecule has 1 heterocycles. The van der Waals surface area contributed by atoms with Crippen molar-refractivity contribution in [2.75, 3.05) is 0 Å². The number of nitrogens with zero attached hydrogens (tertiary/aromatic N) is 4. The highest BCUT2D eigenvalue weighted by atomic mass is 35.5. The van der Waals surface area contributed by atoms with E-state index < -0.39 is 12.1 Å². The number of nitrogens with one attached hydrogen (secondary N) is 2. The molecule has 2 unspecified atom stereocenters. The second-order valence-corrected chi connectivity index (χ2v) is 7.54. The minimum absolute atomic E-state index is 0.189. The summed E-state index contributed by atoms with van der Waals surface area (Å²) in [5.41, 5.74) is 8.51. The van der Waals surface area contributed by atoms with Gasteiger partial charge in [0.2, 0.25) is 11.8 Å². The first-order valence-corrected chi connectivity index (χ1v) is 10.2. The fourth-order valence-corrected chi connectivity index (χ4v) is 3.20. The lowest BCUT2D eigenvalue weighted by Crippen LogP contribution is -2.50. The van der Waals surface area contributed by atoms with Crippen LogP contribution in [0.1, 0.15) is 24.5 Å². The fourth-order valence-electron chi connectivity index (χ4n) is 3.01. The molecule has 3 aromatic rings. The molecule has 162 valence electrons. The van der Waals surface area contributed by atoms with Gasteiger partial charge in [0.05, 0.1) is 11.7 Å².